The Hall–Kier alpha value is -2.18. The first-order chi connectivity index (χ1) is 13.1. The molecule has 2 aliphatic rings. The van der Waals surface area contributed by atoms with Crippen LogP contribution in [-0.2, 0) is 7.05 Å². The largest absolute Gasteiger partial charge is 0.316 e. The van der Waals surface area contributed by atoms with Crippen LogP contribution in [0.15, 0.2) is 30.7 Å². The quantitative estimate of drug-likeness (QED) is 0.575. The van der Waals surface area contributed by atoms with Gasteiger partial charge >= 0.3 is 0 Å². The Morgan fingerprint density at radius 1 is 1.11 bits per heavy atom. The predicted molar refractivity (Wildman–Crippen MR) is 109 cm³/mol. The molecular formula is C21H23N5S. The van der Waals surface area contributed by atoms with Crippen molar-refractivity contribution in [1.82, 2.24) is 24.5 Å². The topological polar surface area (TPSA) is 47.1 Å². The van der Waals surface area contributed by atoms with E-state index in [-0.39, 0.29) is 0 Å². The van der Waals surface area contributed by atoms with Crippen molar-refractivity contribution in [3.05, 3.63) is 42.0 Å². The standard InChI is InChI=1S/C21H23N5S/c1-12-3-14(6-17-9-25(2)24-20(12)17)19-11-26-10-18(23-21(26)27-19)13-4-15-7-22-8-16(15)5-13/h3,6,9-11,13,15-16,22H,4-5,7-8H2,1-2H3/t15-,16-/m1/s1. The molecule has 3 aromatic heterocycles. The Bertz CT molecular complexity index is 1120. The van der Waals surface area contributed by atoms with Crippen molar-refractivity contribution in [3.8, 4) is 10.4 Å². The molecule has 1 N–H and O–H groups in total. The number of fused-ring (bicyclic) bond motifs is 3. The average molecular weight is 378 g/mol. The van der Waals surface area contributed by atoms with E-state index < -0.39 is 0 Å². The molecule has 1 saturated heterocycles. The molecule has 0 bridgehead atoms. The first-order valence-electron chi connectivity index (χ1n) is 9.77. The molecule has 1 aromatic carbocycles. The summed E-state index contributed by atoms with van der Waals surface area (Å²) in [5.41, 5.74) is 4.86. The maximum atomic E-state index is 5.00. The minimum Gasteiger partial charge on any atom is -0.316 e. The van der Waals surface area contributed by atoms with E-state index in [9.17, 15) is 0 Å². The second-order valence-electron chi connectivity index (χ2n) is 8.33. The van der Waals surface area contributed by atoms with Crippen LogP contribution in [0.25, 0.3) is 26.3 Å². The molecule has 6 heteroatoms. The van der Waals surface area contributed by atoms with Gasteiger partial charge in [0.2, 0.25) is 0 Å². The zero-order valence-corrected chi connectivity index (χ0v) is 16.5. The maximum absolute atomic E-state index is 5.00. The third-order valence-corrected chi connectivity index (χ3v) is 7.49. The number of aryl methyl sites for hydroxylation is 2. The SMILES string of the molecule is Cc1cc(-c2cn3cc(C4C[C@@H]5CNC[C@H]5C4)nc3s2)cc2cn(C)nc12. The maximum Gasteiger partial charge on any atom is 0.194 e. The van der Waals surface area contributed by atoms with E-state index in [1.165, 1.54) is 53.0 Å². The summed E-state index contributed by atoms with van der Waals surface area (Å²) in [6, 6.07) is 4.49. The van der Waals surface area contributed by atoms with Crippen LogP contribution in [0.4, 0.5) is 0 Å². The highest BCUT2D eigenvalue weighted by molar-refractivity contribution is 7.20. The van der Waals surface area contributed by atoms with Crippen molar-refractivity contribution in [2.24, 2.45) is 18.9 Å². The van der Waals surface area contributed by atoms with Gasteiger partial charge in [-0.15, -0.1) is 0 Å². The second kappa shape index (κ2) is 5.66. The van der Waals surface area contributed by atoms with E-state index in [0.717, 1.165) is 22.3 Å². The predicted octanol–water partition coefficient (Wildman–Crippen LogP) is 3.97. The summed E-state index contributed by atoms with van der Waals surface area (Å²) in [6.07, 6.45) is 9.20. The average Bonchev–Trinajstić information content (AvgIpc) is 3.38. The zero-order chi connectivity index (χ0) is 18.1. The first kappa shape index (κ1) is 15.8. The lowest BCUT2D eigenvalue weighted by molar-refractivity contribution is 0.494. The number of benzene rings is 1. The van der Waals surface area contributed by atoms with Gasteiger partial charge in [0.15, 0.2) is 4.96 Å². The molecule has 138 valence electrons. The smallest absolute Gasteiger partial charge is 0.194 e. The summed E-state index contributed by atoms with van der Waals surface area (Å²) < 4.78 is 4.12. The van der Waals surface area contributed by atoms with E-state index in [0.29, 0.717) is 5.92 Å². The van der Waals surface area contributed by atoms with Gasteiger partial charge in [-0.3, -0.25) is 9.08 Å². The highest BCUT2D eigenvalue weighted by Gasteiger charge is 2.38. The van der Waals surface area contributed by atoms with Crippen LogP contribution in [0.3, 0.4) is 0 Å². The fourth-order valence-electron chi connectivity index (χ4n) is 5.12. The van der Waals surface area contributed by atoms with Gasteiger partial charge < -0.3 is 5.32 Å². The van der Waals surface area contributed by atoms with Gasteiger partial charge in [-0.25, -0.2) is 4.98 Å². The minimum atomic E-state index is 0.645. The molecule has 0 radical (unpaired) electrons. The lowest BCUT2D eigenvalue weighted by Crippen LogP contribution is -2.11. The number of imidazole rings is 1. The lowest BCUT2D eigenvalue weighted by Gasteiger charge is -2.07. The monoisotopic (exact) mass is 377 g/mol. The van der Waals surface area contributed by atoms with Crippen molar-refractivity contribution >= 4 is 27.2 Å². The number of hydrogen-bond donors (Lipinski definition) is 1. The van der Waals surface area contributed by atoms with E-state index in [2.05, 4.69) is 52.5 Å². The van der Waals surface area contributed by atoms with Crippen molar-refractivity contribution in [2.75, 3.05) is 13.1 Å². The van der Waals surface area contributed by atoms with Crippen LogP contribution < -0.4 is 5.32 Å². The Morgan fingerprint density at radius 3 is 2.70 bits per heavy atom. The van der Waals surface area contributed by atoms with Gasteiger partial charge in [0.25, 0.3) is 0 Å². The Balaban J connectivity index is 1.34. The summed E-state index contributed by atoms with van der Waals surface area (Å²) >= 11 is 1.79. The van der Waals surface area contributed by atoms with Gasteiger partial charge in [-0.05, 0) is 68.0 Å². The molecule has 0 amide bonds. The Morgan fingerprint density at radius 2 is 1.93 bits per heavy atom. The van der Waals surface area contributed by atoms with Crippen molar-refractivity contribution in [3.63, 3.8) is 0 Å². The number of aromatic nitrogens is 4. The number of rotatable bonds is 2. The van der Waals surface area contributed by atoms with Crippen molar-refractivity contribution in [1.29, 1.82) is 0 Å². The molecule has 4 heterocycles. The van der Waals surface area contributed by atoms with Gasteiger partial charge in [-0.2, -0.15) is 5.10 Å². The number of nitrogens with one attached hydrogen (secondary N) is 1. The fourth-order valence-corrected chi connectivity index (χ4v) is 6.08. The Labute approximate surface area is 162 Å². The molecule has 5 nitrogen and oxygen atoms in total. The second-order valence-corrected chi connectivity index (χ2v) is 9.34. The van der Waals surface area contributed by atoms with E-state index in [4.69, 9.17) is 4.98 Å². The van der Waals surface area contributed by atoms with E-state index >= 15 is 0 Å². The third kappa shape index (κ3) is 2.47. The van der Waals surface area contributed by atoms with Crippen molar-refractivity contribution < 1.29 is 0 Å². The van der Waals surface area contributed by atoms with Gasteiger partial charge in [-0.1, -0.05) is 11.3 Å². The number of nitrogens with zero attached hydrogens (tertiary/aromatic N) is 4. The van der Waals surface area contributed by atoms with Gasteiger partial charge in [0.1, 0.15) is 0 Å². The van der Waals surface area contributed by atoms with Crippen LogP contribution in [0.5, 0.6) is 0 Å². The number of hydrogen-bond acceptors (Lipinski definition) is 4. The molecular weight excluding hydrogens is 354 g/mol. The van der Waals surface area contributed by atoms with Gasteiger partial charge in [0.05, 0.1) is 16.1 Å². The molecule has 27 heavy (non-hydrogen) atoms. The molecule has 2 fully saturated rings. The molecule has 0 spiro atoms. The molecule has 1 aliphatic carbocycles. The van der Waals surface area contributed by atoms with Crippen LogP contribution in [0.2, 0.25) is 0 Å². The Kier molecular flexibility index (Phi) is 3.32. The van der Waals surface area contributed by atoms with Gasteiger partial charge in [0, 0.05) is 36.9 Å². The van der Waals surface area contributed by atoms with E-state index in [1.807, 2.05) is 11.7 Å². The molecule has 6 rings (SSSR count). The molecule has 1 saturated carbocycles. The molecule has 1 aliphatic heterocycles. The molecule has 0 unspecified atom stereocenters. The van der Waals surface area contributed by atoms with Crippen LogP contribution in [0.1, 0.15) is 30.0 Å². The summed E-state index contributed by atoms with van der Waals surface area (Å²) in [6.45, 7) is 4.54. The van der Waals surface area contributed by atoms with Crippen LogP contribution in [0, 0.1) is 18.8 Å². The normalized spacial score (nSPS) is 23.0. The van der Waals surface area contributed by atoms with Crippen LogP contribution >= 0.6 is 11.3 Å². The fraction of sp³-hybridized carbons (Fsp3) is 0.429. The summed E-state index contributed by atoms with van der Waals surface area (Å²) in [7, 11) is 1.98. The minimum absolute atomic E-state index is 0.645. The number of thiazole rings is 1. The highest BCUT2D eigenvalue weighted by atomic mass is 32.1. The zero-order valence-electron chi connectivity index (χ0n) is 15.6. The summed E-state index contributed by atoms with van der Waals surface area (Å²) in [5, 5.41) is 9.29. The molecule has 4 aromatic rings. The van der Waals surface area contributed by atoms with Crippen molar-refractivity contribution in [2.45, 2.75) is 25.7 Å². The van der Waals surface area contributed by atoms with E-state index in [1.54, 1.807) is 11.3 Å². The summed E-state index contributed by atoms with van der Waals surface area (Å²) in [4.78, 5) is 7.38. The first-order valence-corrected chi connectivity index (χ1v) is 10.6. The third-order valence-electron chi connectivity index (χ3n) is 6.45. The van der Waals surface area contributed by atoms with Crippen LogP contribution in [-0.4, -0.2) is 32.3 Å². The molecule has 2 atom stereocenters. The summed E-state index contributed by atoms with van der Waals surface area (Å²) in [5.74, 6) is 2.37. The highest BCUT2D eigenvalue weighted by Crippen LogP contribution is 2.44. The lowest BCUT2D eigenvalue weighted by atomic mass is 10.0.